The van der Waals surface area contributed by atoms with Crippen LogP contribution in [-0.4, -0.2) is 30.9 Å². The molecular formula is C16H17ClN4O2. The normalized spacial score (nSPS) is 10.3. The van der Waals surface area contributed by atoms with Gasteiger partial charge >= 0.3 is 0 Å². The molecule has 0 saturated carbocycles. The molecule has 2 aromatic rings. The molecule has 0 radical (unpaired) electrons. The van der Waals surface area contributed by atoms with Crippen molar-refractivity contribution < 1.29 is 9.59 Å². The van der Waals surface area contributed by atoms with Crippen LogP contribution < -0.4 is 15.5 Å². The van der Waals surface area contributed by atoms with Crippen LogP contribution in [0.3, 0.4) is 0 Å². The molecule has 1 heterocycles. The molecule has 1 aromatic heterocycles. The molecule has 0 unspecified atom stereocenters. The van der Waals surface area contributed by atoms with Gasteiger partial charge in [0.15, 0.2) is 0 Å². The first-order valence-electron chi connectivity index (χ1n) is 6.85. The Labute approximate surface area is 139 Å². The maximum Gasteiger partial charge on any atom is 0.265 e. The molecule has 0 aliphatic rings. The molecule has 7 heteroatoms. The standard InChI is InChI=1S/C16H17ClN4O2/c1-10(22)21(13-6-4-5-12(18)9-13)16(23)11-7-14(17)19-15(8-11)20(2)3/h4-9H,18H2,1-3H3. The number of nitrogens with two attached hydrogens (primary N) is 1. The molecule has 0 atom stereocenters. The summed E-state index contributed by atoms with van der Waals surface area (Å²) in [4.78, 5) is 31.7. The van der Waals surface area contributed by atoms with E-state index >= 15 is 0 Å². The summed E-state index contributed by atoms with van der Waals surface area (Å²) in [5.74, 6) is -0.382. The first-order chi connectivity index (χ1) is 10.8. The van der Waals surface area contributed by atoms with Gasteiger partial charge < -0.3 is 10.6 Å². The van der Waals surface area contributed by atoms with Crippen molar-refractivity contribution in [2.75, 3.05) is 29.6 Å². The van der Waals surface area contributed by atoms with E-state index in [9.17, 15) is 9.59 Å². The van der Waals surface area contributed by atoms with Gasteiger partial charge in [-0.05, 0) is 30.3 Å². The summed E-state index contributed by atoms with van der Waals surface area (Å²) < 4.78 is 0. The highest BCUT2D eigenvalue weighted by Crippen LogP contribution is 2.23. The number of nitrogen functional groups attached to an aromatic ring is 1. The van der Waals surface area contributed by atoms with Gasteiger partial charge in [0.05, 0.1) is 5.69 Å². The second kappa shape index (κ2) is 6.66. The van der Waals surface area contributed by atoms with Gasteiger partial charge in [0.1, 0.15) is 11.0 Å². The van der Waals surface area contributed by atoms with Gasteiger partial charge in [0, 0.05) is 32.3 Å². The number of aromatic nitrogens is 1. The van der Waals surface area contributed by atoms with Gasteiger partial charge in [0.25, 0.3) is 5.91 Å². The Morgan fingerprint density at radius 2 is 1.87 bits per heavy atom. The fourth-order valence-corrected chi connectivity index (χ4v) is 2.27. The maximum atomic E-state index is 12.8. The second-order valence-corrected chi connectivity index (χ2v) is 5.57. The highest BCUT2D eigenvalue weighted by molar-refractivity contribution is 6.30. The molecule has 0 aliphatic carbocycles. The van der Waals surface area contributed by atoms with Gasteiger partial charge in [0.2, 0.25) is 5.91 Å². The summed E-state index contributed by atoms with van der Waals surface area (Å²) >= 11 is 5.98. The van der Waals surface area contributed by atoms with Crippen molar-refractivity contribution in [3.05, 3.63) is 47.1 Å². The molecular weight excluding hydrogens is 316 g/mol. The first-order valence-corrected chi connectivity index (χ1v) is 7.23. The summed E-state index contributed by atoms with van der Waals surface area (Å²) in [6, 6.07) is 9.58. The molecule has 0 spiro atoms. The number of carbonyl (C=O) groups excluding carboxylic acids is 2. The summed E-state index contributed by atoms with van der Waals surface area (Å²) in [6.45, 7) is 1.32. The van der Waals surface area contributed by atoms with Gasteiger partial charge in [-0.1, -0.05) is 17.7 Å². The molecule has 0 fully saturated rings. The second-order valence-electron chi connectivity index (χ2n) is 5.19. The fraction of sp³-hybridized carbons (Fsp3) is 0.188. The number of halogens is 1. The average molecular weight is 333 g/mol. The van der Waals surface area contributed by atoms with Crippen molar-refractivity contribution in [2.24, 2.45) is 0 Å². The van der Waals surface area contributed by atoms with Crippen LogP contribution in [0.2, 0.25) is 5.15 Å². The lowest BCUT2D eigenvalue weighted by Gasteiger charge is -2.20. The smallest absolute Gasteiger partial charge is 0.265 e. The molecule has 2 amide bonds. The Morgan fingerprint density at radius 1 is 1.17 bits per heavy atom. The van der Waals surface area contributed by atoms with E-state index in [2.05, 4.69) is 4.98 Å². The van der Waals surface area contributed by atoms with Gasteiger partial charge in [-0.25, -0.2) is 9.88 Å². The topological polar surface area (TPSA) is 79.5 Å². The Bertz CT molecular complexity index is 761. The summed E-state index contributed by atoms with van der Waals surface area (Å²) in [5, 5.41) is 0.177. The van der Waals surface area contributed by atoms with Gasteiger partial charge in [-0.3, -0.25) is 9.59 Å². The minimum absolute atomic E-state index is 0.177. The Hall–Kier alpha value is -2.60. The van der Waals surface area contributed by atoms with Gasteiger partial charge in [-0.15, -0.1) is 0 Å². The zero-order chi connectivity index (χ0) is 17.1. The van der Waals surface area contributed by atoms with Crippen LogP contribution in [0.15, 0.2) is 36.4 Å². The summed E-state index contributed by atoms with van der Waals surface area (Å²) in [6.07, 6.45) is 0. The quantitative estimate of drug-likeness (QED) is 0.690. The highest BCUT2D eigenvalue weighted by atomic mass is 35.5. The third-order valence-electron chi connectivity index (χ3n) is 3.13. The van der Waals surface area contributed by atoms with E-state index in [-0.39, 0.29) is 10.7 Å². The predicted molar refractivity (Wildman–Crippen MR) is 91.9 cm³/mol. The number of nitrogens with zero attached hydrogens (tertiary/aromatic N) is 3. The molecule has 23 heavy (non-hydrogen) atoms. The predicted octanol–water partition coefficient (Wildman–Crippen LogP) is 2.58. The van der Waals surface area contributed by atoms with Crippen molar-refractivity contribution in [1.29, 1.82) is 0 Å². The molecule has 2 N–H and O–H groups in total. The Kier molecular flexibility index (Phi) is 4.86. The van der Waals surface area contributed by atoms with Gasteiger partial charge in [-0.2, -0.15) is 0 Å². The zero-order valence-corrected chi connectivity index (χ0v) is 13.8. The molecule has 6 nitrogen and oxygen atoms in total. The van der Waals surface area contributed by atoms with Crippen molar-refractivity contribution in [3.8, 4) is 0 Å². The summed E-state index contributed by atoms with van der Waals surface area (Å²) in [7, 11) is 3.57. The number of carbonyl (C=O) groups is 2. The zero-order valence-electron chi connectivity index (χ0n) is 13.1. The van der Waals surface area contributed by atoms with Crippen LogP contribution in [0.4, 0.5) is 17.2 Å². The van der Waals surface area contributed by atoms with Crippen LogP contribution in [0, 0.1) is 0 Å². The van der Waals surface area contributed by atoms with Crippen molar-refractivity contribution in [1.82, 2.24) is 4.98 Å². The van der Waals surface area contributed by atoms with Crippen LogP contribution in [0.25, 0.3) is 0 Å². The van der Waals surface area contributed by atoms with E-state index in [1.165, 1.54) is 13.0 Å². The van der Waals surface area contributed by atoms with E-state index < -0.39 is 11.8 Å². The van der Waals surface area contributed by atoms with Crippen molar-refractivity contribution in [3.63, 3.8) is 0 Å². The number of benzene rings is 1. The summed E-state index contributed by atoms with van der Waals surface area (Å²) in [5.41, 5.74) is 6.87. The van der Waals surface area contributed by atoms with Crippen molar-refractivity contribution in [2.45, 2.75) is 6.92 Å². The fourth-order valence-electron chi connectivity index (χ4n) is 2.07. The van der Waals surface area contributed by atoms with E-state index in [4.69, 9.17) is 17.3 Å². The van der Waals surface area contributed by atoms with Crippen LogP contribution in [0.1, 0.15) is 17.3 Å². The number of amides is 2. The Morgan fingerprint density at radius 3 is 2.43 bits per heavy atom. The van der Waals surface area contributed by atoms with E-state index in [0.717, 1.165) is 4.90 Å². The van der Waals surface area contributed by atoms with E-state index in [1.54, 1.807) is 49.3 Å². The largest absolute Gasteiger partial charge is 0.399 e. The average Bonchev–Trinajstić information content (AvgIpc) is 2.46. The van der Waals surface area contributed by atoms with Crippen LogP contribution >= 0.6 is 11.6 Å². The molecule has 0 bridgehead atoms. The SMILES string of the molecule is CC(=O)N(C(=O)c1cc(Cl)nc(N(C)C)c1)c1cccc(N)c1. The van der Waals surface area contributed by atoms with E-state index in [1.807, 2.05) is 0 Å². The lowest BCUT2D eigenvalue weighted by atomic mass is 10.2. The monoisotopic (exact) mass is 332 g/mol. The maximum absolute atomic E-state index is 12.8. The number of pyridine rings is 1. The lowest BCUT2D eigenvalue weighted by Crippen LogP contribution is -2.35. The first kappa shape index (κ1) is 16.8. The molecule has 0 saturated heterocycles. The third kappa shape index (κ3) is 3.78. The minimum atomic E-state index is -0.490. The lowest BCUT2D eigenvalue weighted by molar-refractivity contribution is -0.115. The molecule has 0 aliphatic heterocycles. The molecule has 2 rings (SSSR count). The van der Waals surface area contributed by atoms with Crippen molar-refractivity contribution >= 4 is 40.6 Å². The Balaban J connectivity index is 2.49. The number of anilines is 3. The minimum Gasteiger partial charge on any atom is -0.399 e. The van der Waals surface area contributed by atoms with E-state index in [0.29, 0.717) is 17.2 Å². The van der Waals surface area contributed by atoms with Crippen LogP contribution in [-0.2, 0) is 4.79 Å². The number of rotatable bonds is 3. The third-order valence-corrected chi connectivity index (χ3v) is 3.33. The molecule has 1 aromatic carbocycles. The number of imide groups is 1. The highest BCUT2D eigenvalue weighted by Gasteiger charge is 2.23. The molecule has 120 valence electrons. The number of hydrogen-bond donors (Lipinski definition) is 1. The number of hydrogen-bond acceptors (Lipinski definition) is 5. The van der Waals surface area contributed by atoms with Crippen LogP contribution in [0.5, 0.6) is 0 Å².